The first-order valence-electron chi connectivity index (χ1n) is 6.61. The van der Waals surface area contributed by atoms with Crippen LogP contribution in [0.1, 0.15) is 26.2 Å². The Morgan fingerprint density at radius 2 is 1.95 bits per heavy atom. The molecule has 0 heterocycles. The Hall–Kier alpha value is -1.21. The van der Waals surface area contributed by atoms with Gasteiger partial charge in [0.2, 0.25) is 10.0 Å². The van der Waals surface area contributed by atoms with E-state index < -0.39 is 26.6 Å². The Kier molecular flexibility index (Phi) is 4.29. The van der Waals surface area contributed by atoms with Crippen LogP contribution in [0.2, 0.25) is 0 Å². The number of anilines is 1. The van der Waals surface area contributed by atoms with Crippen LogP contribution in [0.15, 0.2) is 17.0 Å². The zero-order valence-corrected chi connectivity index (χ0v) is 12.1. The lowest BCUT2D eigenvalue weighted by Crippen LogP contribution is -2.37. The van der Waals surface area contributed by atoms with Crippen LogP contribution in [0.3, 0.4) is 0 Å². The van der Waals surface area contributed by atoms with Crippen molar-refractivity contribution in [3.8, 4) is 0 Å². The standard InChI is InChI=1S/C13H18F2N2O2S/c1-2-17(8-9-4-3-5-9)20(18,19)13-7-12(16)10(14)6-11(13)15/h6-7,9H,2-5,8,16H2,1H3. The van der Waals surface area contributed by atoms with Crippen molar-refractivity contribution in [1.29, 1.82) is 0 Å². The summed E-state index contributed by atoms with van der Waals surface area (Å²) >= 11 is 0. The number of nitrogen functional groups attached to an aromatic ring is 1. The van der Waals surface area contributed by atoms with Crippen molar-refractivity contribution >= 4 is 15.7 Å². The van der Waals surface area contributed by atoms with Crippen molar-refractivity contribution in [2.24, 2.45) is 5.92 Å². The number of sulfonamides is 1. The molecular weight excluding hydrogens is 286 g/mol. The zero-order chi connectivity index (χ0) is 14.9. The molecule has 0 unspecified atom stereocenters. The predicted molar refractivity (Wildman–Crippen MR) is 72.5 cm³/mol. The smallest absolute Gasteiger partial charge is 0.246 e. The summed E-state index contributed by atoms with van der Waals surface area (Å²) in [5, 5.41) is 0. The Labute approximate surface area is 117 Å². The summed E-state index contributed by atoms with van der Waals surface area (Å²) in [6, 6.07) is 1.36. The van der Waals surface area contributed by atoms with Crippen LogP contribution in [0.25, 0.3) is 0 Å². The largest absolute Gasteiger partial charge is 0.396 e. The molecule has 0 spiro atoms. The summed E-state index contributed by atoms with van der Waals surface area (Å²) in [5.41, 5.74) is 4.97. The van der Waals surface area contributed by atoms with Gasteiger partial charge in [-0.1, -0.05) is 13.3 Å². The Bertz CT molecular complexity index is 601. The quantitative estimate of drug-likeness (QED) is 0.849. The van der Waals surface area contributed by atoms with Crippen LogP contribution < -0.4 is 5.73 Å². The molecule has 112 valence electrons. The highest BCUT2D eigenvalue weighted by atomic mass is 32.2. The number of rotatable bonds is 5. The maximum atomic E-state index is 13.8. The zero-order valence-electron chi connectivity index (χ0n) is 11.3. The Morgan fingerprint density at radius 1 is 1.30 bits per heavy atom. The Balaban J connectivity index is 2.34. The van der Waals surface area contributed by atoms with Crippen molar-refractivity contribution in [1.82, 2.24) is 4.31 Å². The highest BCUT2D eigenvalue weighted by Gasteiger charge is 2.31. The summed E-state index contributed by atoms with van der Waals surface area (Å²) < 4.78 is 53.0. The van der Waals surface area contributed by atoms with Crippen LogP contribution in [0.5, 0.6) is 0 Å². The van der Waals surface area contributed by atoms with Gasteiger partial charge in [0.05, 0.1) is 5.69 Å². The lowest BCUT2D eigenvalue weighted by Gasteiger charge is -2.31. The molecule has 0 atom stereocenters. The van der Waals surface area contributed by atoms with Gasteiger partial charge < -0.3 is 5.73 Å². The molecular formula is C13H18F2N2O2S. The number of halogens is 2. The number of benzene rings is 1. The summed E-state index contributed by atoms with van der Waals surface area (Å²) in [5.74, 6) is -1.74. The van der Waals surface area contributed by atoms with Gasteiger partial charge in [-0.3, -0.25) is 0 Å². The SMILES string of the molecule is CCN(CC1CCC1)S(=O)(=O)c1cc(N)c(F)cc1F. The van der Waals surface area contributed by atoms with Gasteiger partial charge in [-0.2, -0.15) is 4.31 Å². The average Bonchev–Trinajstić information content (AvgIpc) is 2.32. The van der Waals surface area contributed by atoms with E-state index in [2.05, 4.69) is 0 Å². The van der Waals surface area contributed by atoms with Gasteiger partial charge in [0.25, 0.3) is 0 Å². The van der Waals surface area contributed by atoms with Crippen molar-refractivity contribution in [3.63, 3.8) is 0 Å². The molecule has 2 rings (SSSR count). The van der Waals surface area contributed by atoms with E-state index in [1.807, 2.05) is 0 Å². The van der Waals surface area contributed by atoms with Gasteiger partial charge >= 0.3 is 0 Å². The predicted octanol–water partition coefficient (Wildman–Crippen LogP) is 2.36. The molecule has 1 aromatic carbocycles. The first-order valence-corrected chi connectivity index (χ1v) is 8.05. The fraction of sp³-hybridized carbons (Fsp3) is 0.538. The third kappa shape index (κ3) is 2.78. The summed E-state index contributed by atoms with van der Waals surface area (Å²) in [6.45, 7) is 2.31. The average molecular weight is 304 g/mol. The van der Waals surface area contributed by atoms with Gasteiger partial charge in [0.1, 0.15) is 16.5 Å². The molecule has 0 saturated heterocycles. The summed E-state index contributed by atoms with van der Waals surface area (Å²) in [4.78, 5) is -0.558. The molecule has 4 nitrogen and oxygen atoms in total. The van der Waals surface area contributed by atoms with Crippen molar-refractivity contribution in [2.75, 3.05) is 18.8 Å². The molecule has 7 heteroatoms. The van der Waals surface area contributed by atoms with E-state index in [9.17, 15) is 17.2 Å². The van der Waals surface area contributed by atoms with E-state index in [1.54, 1.807) is 6.92 Å². The fourth-order valence-electron chi connectivity index (χ4n) is 2.24. The van der Waals surface area contributed by atoms with Crippen LogP contribution in [0.4, 0.5) is 14.5 Å². The van der Waals surface area contributed by atoms with E-state index in [-0.39, 0.29) is 12.2 Å². The first-order chi connectivity index (χ1) is 9.36. The van der Waals surface area contributed by atoms with Crippen LogP contribution >= 0.6 is 0 Å². The lowest BCUT2D eigenvalue weighted by molar-refractivity contribution is 0.249. The molecule has 1 aromatic rings. The van der Waals surface area contributed by atoms with Gasteiger partial charge in [-0.25, -0.2) is 17.2 Å². The molecule has 0 amide bonds. The van der Waals surface area contributed by atoms with Crippen LogP contribution in [-0.4, -0.2) is 25.8 Å². The van der Waals surface area contributed by atoms with Crippen molar-refractivity contribution in [3.05, 3.63) is 23.8 Å². The number of hydrogen-bond donors (Lipinski definition) is 1. The minimum Gasteiger partial charge on any atom is -0.396 e. The second kappa shape index (κ2) is 5.65. The third-order valence-electron chi connectivity index (χ3n) is 3.71. The monoisotopic (exact) mass is 304 g/mol. The molecule has 1 aliphatic rings. The Morgan fingerprint density at radius 3 is 2.45 bits per heavy atom. The third-order valence-corrected chi connectivity index (χ3v) is 5.66. The molecule has 20 heavy (non-hydrogen) atoms. The highest BCUT2D eigenvalue weighted by Crippen LogP contribution is 2.30. The highest BCUT2D eigenvalue weighted by molar-refractivity contribution is 7.89. The first kappa shape index (κ1) is 15.2. The van der Waals surface area contributed by atoms with Crippen molar-refractivity contribution in [2.45, 2.75) is 31.1 Å². The van der Waals surface area contributed by atoms with E-state index in [1.165, 1.54) is 4.31 Å². The molecule has 0 aromatic heterocycles. The summed E-state index contributed by atoms with van der Waals surface area (Å²) in [6.07, 6.45) is 3.07. The second-order valence-corrected chi connectivity index (χ2v) is 6.96. The normalized spacial score (nSPS) is 16.4. The van der Waals surface area contributed by atoms with Crippen LogP contribution in [-0.2, 0) is 10.0 Å². The van der Waals surface area contributed by atoms with Gasteiger partial charge in [0, 0.05) is 19.2 Å². The van der Waals surface area contributed by atoms with Gasteiger partial charge in [0.15, 0.2) is 0 Å². The minimum absolute atomic E-state index is 0.246. The van der Waals surface area contributed by atoms with Gasteiger partial charge in [-0.05, 0) is 24.8 Å². The maximum absolute atomic E-state index is 13.8. The van der Waals surface area contributed by atoms with Gasteiger partial charge in [-0.15, -0.1) is 0 Å². The van der Waals surface area contributed by atoms with Crippen LogP contribution in [0, 0.1) is 17.6 Å². The number of hydrogen-bond acceptors (Lipinski definition) is 3. The topological polar surface area (TPSA) is 63.4 Å². The molecule has 0 aliphatic heterocycles. The molecule has 1 fully saturated rings. The maximum Gasteiger partial charge on any atom is 0.246 e. The second-order valence-electron chi connectivity index (χ2n) is 5.06. The molecule has 2 N–H and O–H groups in total. The van der Waals surface area contributed by atoms with E-state index >= 15 is 0 Å². The molecule has 0 radical (unpaired) electrons. The number of nitrogens with two attached hydrogens (primary N) is 1. The fourth-order valence-corrected chi connectivity index (χ4v) is 3.85. The lowest BCUT2D eigenvalue weighted by atomic mass is 9.85. The van der Waals surface area contributed by atoms with E-state index in [0.29, 0.717) is 18.5 Å². The minimum atomic E-state index is -3.98. The molecule has 1 aliphatic carbocycles. The molecule has 1 saturated carbocycles. The number of nitrogens with zero attached hydrogens (tertiary/aromatic N) is 1. The van der Waals surface area contributed by atoms with E-state index in [0.717, 1.165) is 25.3 Å². The molecule has 0 bridgehead atoms. The van der Waals surface area contributed by atoms with Crippen molar-refractivity contribution < 1.29 is 17.2 Å². The van der Waals surface area contributed by atoms with E-state index in [4.69, 9.17) is 5.73 Å². The summed E-state index contributed by atoms with van der Waals surface area (Å²) in [7, 11) is -3.98.